The number of aliphatic carboxylic acids is 1. The summed E-state index contributed by atoms with van der Waals surface area (Å²) in [5, 5.41) is 14.1. The second kappa shape index (κ2) is 7.32. The molecule has 0 bridgehead atoms. The molecule has 18 heavy (non-hydrogen) atoms. The standard InChI is InChI=1S/C13H18N2O3/c1-2-8-14-13(18)15-11(12(16)17)9-10-6-4-3-5-7-10/h3-7,11H,2,8-9H2,1H3,(H,16,17)(H2,14,15,18). The maximum Gasteiger partial charge on any atom is 0.326 e. The third-order valence-corrected chi connectivity index (χ3v) is 2.42. The van der Waals surface area contributed by atoms with Gasteiger partial charge < -0.3 is 15.7 Å². The van der Waals surface area contributed by atoms with Gasteiger partial charge in [0.1, 0.15) is 6.04 Å². The first-order valence-corrected chi connectivity index (χ1v) is 5.94. The molecule has 3 N–H and O–H groups in total. The SMILES string of the molecule is CCCNC(=O)NC(Cc1ccccc1)C(=O)O. The van der Waals surface area contributed by atoms with E-state index in [-0.39, 0.29) is 6.42 Å². The van der Waals surface area contributed by atoms with Crippen molar-refractivity contribution in [2.75, 3.05) is 6.54 Å². The maximum absolute atomic E-state index is 11.4. The van der Waals surface area contributed by atoms with Crippen LogP contribution in [0.4, 0.5) is 4.79 Å². The van der Waals surface area contributed by atoms with Gasteiger partial charge in [-0.25, -0.2) is 9.59 Å². The van der Waals surface area contributed by atoms with E-state index in [9.17, 15) is 9.59 Å². The van der Waals surface area contributed by atoms with E-state index in [1.807, 2.05) is 37.3 Å². The van der Waals surface area contributed by atoms with E-state index >= 15 is 0 Å². The van der Waals surface area contributed by atoms with Gasteiger partial charge in [0.05, 0.1) is 0 Å². The zero-order valence-electron chi connectivity index (χ0n) is 10.3. The Bertz CT molecular complexity index is 392. The summed E-state index contributed by atoms with van der Waals surface area (Å²) in [6, 6.07) is 7.85. The quantitative estimate of drug-likeness (QED) is 0.714. The Hall–Kier alpha value is -2.04. The third-order valence-electron chi connectivity index (χ3n) is 2.42. The smallest absolute Gasteiger partial charge is 0.326 e. The minimum Gasteiger partial charge on any atom is -0.480 e. The zero-order chi connectivity index (χ0) is 13.4. The summed E-state index contributed by atoms with van der Waals surface area (Å²) in [6.07, 6.45) is 1.08. The summed E-state index contributed by atoms with van der Waals surface area (Å²) in [4.78, 5) is 22.5. The molecule has 0 aliphatic heterocycles. The first-order valence-electron chi connectivity index (χ1n) is 5.94. The second-order valence-corrected chi connectivity index (χ2v) is 3.98. The second-order valence-electron chi connectivity index (χ2n) is 3.98. The van der Waals surface area contributed by atoms with E-state index < -0.39 is 18.0 Å². The average molecular weight is 250 g/mol. The lowest BCUT2D eigenvalue weighted by molar-refractivity contribution is -0.139. The van der Waals surface area contributed by atoms with Crippen molar-refractivity contribution in [3.05, 3.63) is 35.9 Å². The number of rotatable bonds is 6. The van der Waals surface area contributed by atoms with Gasteiger partial charge in [-0.05, 0) is 12.0 Å². The Labute approximate surface area is 106 Å². The van der Waals surface area contributed by atoms with Gasteiger partial charge in [-0.2, -0.15) is 0 Å². The van der Waals surface area contributed by atoms with E-state index in [2.05, 4.69) is 10.6 Å². The summed E-state index contributed by atoms with van der Waals surface area (Å²) in [7, 11) is 0. The van der Waals surface area contributed by atoms with Gasteiger partial charge in [0, 0.05) is 13.0 Å². The van der Waals surface area contributed by atoms with Crippen LogP contribution in [0.15, 0.2) is 30.3 Å². The molecule has 1 rings (SSSR count). The number of amides is 2. The highest BCUT2D eigenvalue weighted by molar-refractivity contribution is 5.82. The van der Waals surface area contributed by atoms with Gasteiger partial charge in [-0.1, -0.05) is 37.3 Å². The lowest BCUT2D eigenvalue weighted by Gasteiger charge is -2.15. The number of carbonyl (C=O) groups excluding carboxylic acids is 1. The van der Waals surface area contributed by atoms with Crippen molar-refractivity contribution in [1.82, 2.24) is 10.6 Å². The Balaban J connectivity index is 2.55. The van der Waals surface area contributed by atoms with E-state index in [0.717, 1.165) is 12.0 Å². The normalized spacial score (nSPS) is 11.6. The molecule has 5 heteroatoms. The van der Waals surface area contributed by atoms with Crippen molar-refractivity contribution in [1.29, 1.82) is 0 Å². The van der Waals surface area contributed by atoms with Gasteiger partial charge >= 0.3 is 12.0 Å². The number of hydrogen-bond donors (Lipinski definition) is 3. The van der Waals surface area contributed by atoms with Crippen molar-refractivity contribution < 1.29 is 14.7 Å². The fraction of sp³-hybridized carbons (Fsp3) is 0.385. The number of benzene rings is 1. The molecule has 0 spiro atoms. The Morgan fingerprint density at radius 3 is 2.50 bits per heavy atom. The highest BCUT2D eigenvalue weighted by Crippen LogP contribution is 2.03. The van der Waals surface area contributed by atoms with Crippen LogP contribution in [-0.2, 0) is 11.2 Å². The van der Waals surface area contributed by atoms with Crippen LogP contribution < -0.4 is 10.6 Å². The van der Waals surface area contributed by atoms with Gasteiger partial charge in [-0.15, -0.1) is 0 Å². The molecule has 1 aromatic rings. The lowest BCUT2D eigenvalue weighted by Crippen LogP contribution is -2.47. The first-order chi connectivity index (χ1) is 8.63. The zero-order valence-corrected chi connectivity index (χ0v) is 10.3. The van der Waals surface area contributed by atoms with E-state index in [1.54, 1.807) is 0 Å². The molecule has 2 amide bonds. The fourth-order valence-electron chi connectivity index (χ4n) is 1.50. The molecule has 1 unspecified atom stereocenters. The molecule has 0 aliphatic carbocycles. The Kier molecular flexibility index (Phi) is 5.70. The van der Waals surface area contributed by atoms with Crippen molar-refractivity contribution in [2.45, 2.75) is 25.8 Å². The summed E-state index contributed by atoms with van der Waals surface area (Å²) in [5.74, 6) is -1.04. The van der Waals surface area contributed by atoms with Crippen LogP contribution in [0, 0.1) is 0 Å². The molecule has 0 heterocycles. The fourth-order valence-corrected chi connectivity index (χ4v) is 1.50. The number of hydrogen-bond acceptors (Lipinski definition) is 2. The maximum atomic E-state index is 11.4. The van der Waals surface area contributed by atoms with Crippen molar-refractivity contribution >= 4 is 12.0 Å². The van der Waals surface area contributed by atoms with Crippen LogP contribution >= 0.6 is 0 Å². The first kappa shape index (κ1) is 14.0. The largest absolute Gasteiger partial charge is 0.480 e. The molecular formula is C13H18N2O3. The molecule has 0 saturated carbocycles. The number of urea groups is 1. The van der Waals surface area contributed by atoms with Crippen LogP contribution in [0.2, 0.25) is 0 Å². The average Bonchev–Trinajstić information content (AvgIpc) is 2.36. The summed E-state index contributed by atoms with van der Waals surface area (Å²) in [6.45, 7) is 2.46. The lowest BCUT2D eigenvalue weighted by atomic mass is 10.1. The highest BCUT2D eigenvalue weighted by Gasteiger charge is 2.19. The number of carboxylic acid groups (broad SMARTS) is 1. The molecule has 1 atom stereocenters. The van der Waals surface area contributed by atoms with Crippen molar-refractivity contribution in [3.8, 4) is 0 Å². The number of carboxylic acids is 1. The van der Waals surface area contributed by atoms with Gasteiger partial charge in [-0.3, -0.25) is 0 Å². The monoisotopic (exact) mass is 250 g/mol. The molecule has 0 aliphatic rings. The summed E-state index contributed by atoms with van der Waals surface area (Å²) in [5.41, 5.74) is 0.876. The minimum absolute atomic E-state index is 0.274. The number of nitrogens with one attached hydrogen (secondary N) is 2. The van der Waals surface area contributed by atoms with Gasteiger partial charge in [0.15, 0.2) is 0 Å². The third kappa shape index (κ3) is 4.86. The predicted molar refractivity (Wildman–Crippen MR) is 68.4 cm³/mol. The number of carbonyl (C=O) groups is 2. The molecule has 0 aromatic heterocycles. The Morgan fingerprint density at radius 1 is 1.28 bits per heavy atom. The van der Waals surface area contributed by atoms with E-state index in [1.165, 1.54) is 0 Å². The van der Waals surface area contributed by atoms with E-state index in [4.69, 9.17) is 5.11 Å². The summed E-state index contributed by atoms with van der Waals surface area (Å²) < 4.78 is 0. The van der Waals surface area contributed by atoms with Crippen LogP contribution in [0.5, 0.6) is 0 Å². The molecule has 98 valence electrons. The van der Waals surface area contributed by atoms with Crippen molar-refractivity contribution in [2.24, 2.45) is 0 Å². The van der Waals surface area contributed by atoms with Crippen molar-refractivity contribution in [3.63, 3.8) is 0 Å². The molecule has 0 saturated heterocycles. The topological polar surface area (TPSA) is 78.4 Å². The van der Waals surface area contributed by atoms with Crippen LogP contribution in [0.3, 0.4) is 0 Å². The minimum atomic E-state index is -1.04. The molecule has 0 fully saturated rings. The van der Waals surface area contributed by atoms with Gasteiger partial charge in [0.25, 0.3) is 0 Å². The van der Waals surface area contributed by atoms with Crippen LogP contribution in [0.25, 0.3) is 0 Å². The van der Waals surface area contributed by atoms with E-state index in [0.29, 0.717) is 6.54 Å². The summed E-state index contributed by atoms with van der Waals surface area (Å²) >= 11 is 0. The molecule has 5 nitrogen and oxygen atoms in total. The molecule has 1 aromatic carbocycles. The highest BCUT2D eigenvalue weighted by atomic mass is 16.4. The van der Waals surface area contributed by atoms with Crippen LogP contribution in [-0.4, -0.2) is 29.7 Å². The molecule has 0 radical (unpaired) electrons. The van der Waals surface area contributed by atoms with Gasteiger partial charge in [0.2, 0.25) is 0 Å². The van der Waals surface area contributed by atoms with Crippen LogP contribution in [0.1, 0.15) is 18.9 Å². The predicted octanol–water partition coefficient (Wildman–Crippen LogP) is 1.39. The molecular weight excluding hydrogens is 232 g/mol. The Morgan fingerprint density at radius 2 is 1.94 bits per heavy atom.